The van der Waals surface area contributed by atoms with Crippen molar-refractivity contribution in [2.75, 3.05) is 14.2 Å². The summed E-state index contributed by atoms with van der Waals surface area (Å²) < 4.78 is 10.6. The van der Waals surface area contributed by atoms with Gasteiger partial charge in [0.2, 0.25) is 5.91 Å². The Balaban J connectivity index is 1.99. The Bertz CT molecular complexity index is 829. The van der Waals surface area contributed by atoms with Gasteiger partial charge < -0.3 is 14.8 Å². The fourth-order valence-electron chi connectivity index (χ4n) is 2.97. The van der Waals surface area contributed by atoms with Crippen LogP contribution in [-0.4, -0.2) is 25.9 Å². The van der Waals surface area contributed by atoms with Crippen LogP contribution in [0.1, 0.15) is 52.9 Å². The van der Waals surface area contributed by atoms with Crippen molar-refractivity contribution in [3.63, 3.8) is 0 Å². The molecule has 0 heterocycles. The fraction of sp³-hybridized carbons (Fsp3) is 0.364. The van der Waals surface area contributed by atoms with E-state index < -0.39 is 0 Å². The molecule has 5 nitrogen and oxygen atoms in total. The maximum Gasteiger partial charge on any atom is 0.220 e. The molecule has 1 N–H and O–H groups in total. The van der Waals surface area contributed by atoms with Crippen molar-refractivity contribution in [1.29, 1.82) is 0 Å². The molecular formula is C22H27NO4. The Morgan fingerprint density at radius 2 is 1.74 bits per heavy atom. The number of amides is 1. The van der Waals surface area contributed by atoms with E-state index in [9.17, 15) is 9.59 Å². The summed E-state index contributed by atoms with van der Waals surface area (Å²) in [6.07, 6.45) is 0.320. The zero-order chi connectivity index (χ0) is 20.0. The highest BCUT2D eigenvalue weighted by Crippen LogP contribution is 2.29. The molecule has 0 aliphatic heterocycles. The van der Waals surface area contributed by atoms with Crippen LogP contribution in [0.3, 0.4) is 0 Å². The number of hydrogen-bond donors (Lipinski definition) is 1. The average Bonchev–Trinajstić information content (AvgIpc) is 2.67. The number of methoxy groups -OCH3 is 2. The van der Waals surface area contributed by atoms with Gasteiger partial charge in [-0.15, -0.1) is 0 Å². The van der Waals surface area contributed by atoms with Gasteiger partial charge in [0.25, 0.3) is 0 Å². The first-order chi connectivity index (χ1) is 12.8. The molecule has 0 spiro atoms. The molecule has 2 rings (SSSR count). The molecule has 27 heavy (non-hydrogen) atoms. The molecule has 2 aromatic carbocycles. The summed E-state index contributed by atoms with van der Waals surface area (Å²) in [5, 5.41) is 2.93. The van der Waals surface area contributed by atoms with Crippen molar-refractivity contribution in [1.82, 2.24) is 5.32 Å². The van der Waals surface area contributed by atoms with Gasteiger partial charge in [-0.3, -0.25) is 9.59 Å². The minimum atomic E-state index is -0.265. The first-order valence-corrected chi connectivity index (χ1v) is 8.97. The van der Waals surface area contributed by atoms with Crippen LogP contribution < -0.4 is 14.8 Å². The lowest BCUT2D eigenvalue weighted by atomic mass is 9.99. The number of carbonyl (C=O) groups is 2. The molecule has 0 aromatic heterocycles. The second kappa shape index (κ2) is 9.21. The first kappa shape index (κ1) is 20.5. The van der Waals surface area contributed by atoms with E-state index in [1.165, 1.54) is 0 Å². The van der Waals surface area contributed by atoms with Crippen molar-refractivity contribution in [3.8, 4) is 11.5 Å². The highest BCUT2D eigenvalue weighted by molar-refractivity contribution is 5.99. The number of aryl methyl sites for hydroxylation is 2. The van der Waals surface area contributed by atoms with Gasteiger partial charge >= 0.3 is 0 Å². The summed E-state index contributed by atoms with van der Waals surface area (Å²) in [5.74, 6) is 1.18. The van der Waals surface area contributed by atoms with E-state index in [-0.39, 0.29) is 30.6 Å². The summed E-state index contributed by atoms with van der Waals surface area (Å²) in [7, 11) is 3.18. The number of hydrogen-bond acceptors (Lipinski definition) is 4. The molecule has 0 saturated heterocycles. The summed E-state index contributed by atoms with van der Waals surface area (Å²) >= 11 is 0. The third-order valence-corrected chi connectivity index (χ3v) is 4.55. The molecule has 0 aliphatic rings. The Morgan fingerprint density at radius 3 is 2.41 bits per heavy atom. The number of nitrogens with one attached hydrogen (secondary N) is 1. The molecule has 1 atom stereocenters. The minimum absolute atomic E-state index is 0.0158. The van der Waals surface area contributed by atoms with Crippen molar-refractivity contribution in [2.24, 2.45) is 0 Å². The van der Waals surface area contributed by atoms with E-state index in [2.05, 4.69) is 5.32 Å². The Kier molecular flexibility index (Phi) is 6.99. The molecular weight excluding hydrogens is 342 g/mol. The summed E-state index contributed by atoms with van der Waals surface area (Å²) in [4.78, 5) is 24.8. The maximum atomic E-state index is 12.4. The quantitative estimate of drug-likeness (QED) is 0.710. The van der Waals surface area contributed by atoms with Gasteiger partial charge in [-0.25, -0.2) is 0 Å². The van der Waals surface area contributed by atoms with Gasteiger partial charge in [0.1, 0.15) is 11.5 Å². The Hall–Kier alpha value is -2.82. The third kappa shape index (κ3) is 5.33. The maximum absolute atomic E-state index is 12.4. The van der Waals surface area contributed by atoms with Crippen molar-refractivity contribution < 1.29 is 19.1 Å². The molecule has 1 amide bonds. The summed E-state index contributed by atoms with van der Waals surface area (Å²) in [6.45, 7) is 5.73. The molecule has 0 bridgehead atoms. The normalized spacial score (nSPS) is 11.6. The van der Waals surface area contributed by atoms with Gasteiger partial charge in [0.05, 0.1) is 20.3 Å². The number of benzene rings is 2. The van der Waals surface area contributed by atoms with Crippen LogP contribution in [0.25, 0.3) is 0 Å². The fourth-order valence-corrected chi connectivity index (χ4v) is 2.97. The summed E-state index contributed by atoms with van der Waals surface area (Å²) in [6, 6.07) is 11.0. The zero-order valence-electron chi connectivity index (χ0n) is 16.6. The number of Topliss-reactive ketones (excluding diaryl/α,β-unsaturated/α-hetero) is 1. The largest absolute Gasteiger partial charge is 0.497 e. The van der Waals surface area contributed by atoms with Crippen LogP contribution in [0.15, 0.2) is 36.4 Å². The molecule has 0 fully saturated rings. The monoisotopic (exact) mass is 369 g/mol. The second-order valence-corrected chi connectivity index (χ2v) is 6.64. The topological polar surface area (TPSA) is 64.6 Å². The van der Waals surface area contributed by atoms with Crippen LogP contribution in [0.4, 0.5) is 0 Å². The standard InChI is InChI=1S/C22H27NO4/c1-14-6-7-15(2)18(12-14)20(24)9-11-22(25)23-16(3)19-13-17(26-4)8-10-21(19)27-5/h6-8,10,12-13,16H,9,11H2,1-5H3,(H,23,25)/t16-/m1/s1. The highest BCUT2D eigenvalue weighted by atomic mass is 16.5. The molecule has 0 unspecified atom stereocenters. The van der Waals surface area contributed by atoms with Gasteiger partial charge in [0.15, 0.2) is 5.78 Å². The molecule has 5 heteroatoms. The van der Waals surface area contributed by atoms with Crippen molar-refractivity contribution in [3.05, 3.63) is 58.7 Å². The lowest BCUT2D eigenvalue weighted by Crippen LogP contribution is -2.27. The summed E-state index contributed by atoms with van der Waals surface area (Å²) in [5.41, 5.74) is 3.48. The second-order valence-electron chi connectivity index (χ2n) is 6.64. The molecule has 0 radical (unpaired) electrons. The zero-order valence-corrected chi connectivity index (χ0v) is 16.6. The van der Waals surface area contributed by atoms with Crippen LogP contribution in [0, 0.1) is 13.8 Å². The predicted molar refractivity (Wildman–Crippen MR) is 106 cm³/mol. The van der Waals surface area contributed by atoms with E-state index in [4.69, 9.17) is 9.47 Å². The third-order valence-electron chi connectivity index (χ3n) is 4.55. The van der Waals surface area contributed by atoms with E-state index in [0.717, 1.165) is 16.7 Å². The number of ketones is 1. The Labute approximate surface area is 160 Å². The lowest BCUT2D eigenvalue weighted by Gasteiger charge is -2.18. The first-order valence-electron chi connectivity index (χ1n) is 8.97. The average molecular weight is 369 g/mol. The van der Waals surface area contributed by atoms with Crippen LogP contribution >= 0.6 is 0 Å². The smallest absolute Gasteiger partial charge is 0.220 e. The van der Waals surface area contributed by atoms with E-state index >= 15 is 0 Å². The minimum Gasteiger partial charge on any atom is -0.497 e. The molecule has 0 aliphatic carbocycles. The van der Waals surface area contributed by atoms with Crippen molar-refractivity contribution in [2.45, 2.75) is 39.7 Å². The van der Waals surface area contributed by atoms with E-state index in [0.29, 0.717) is 17.1 Å². The van der Waals surface area contributed by atoms with E-state index in [1.807, 2.05) is 45.0 Å². The van der Waals surface area contributed by atoms with Gasteiger partial charge in [-0.2, -0.15) is 0 Å². The van der Waals surface area contributed by atoms with Gasteiger partial charge in [-0.05, 0) is 50.6 Å². The SMILES string of the molecule is COc1ccc(OC)c([C@@H](C)NC(=O)CCC(=O)c2cc(C)ccc2C)c1. The molecule has 0 saturated carbocycles. The van der Waals surface area contributed by atoms with Crippen LogP contribution in [-0.2, 0) is 4.79 Å². The predicted octanol–water partition coefficient (Wildman–Crippen LogP) is 4.16. The van der Waals surface area contributed by atoms with Gasteiger partial charge in [0, 0.05) is 24.0 Å². The van der Waals surface area contributed by atoms with Crippen molar-refractivity contribution >= 4 is 11.7 Å². The van der Waals surface area contributed by atoms with Crippen LogP contribution in [0.2, 0.25) is 0 Å². The Morgan fingerprint density at radius 1 is 1.00 bits per heavy atom. The van der Waals surface area contributed by atoms with E-state index in [1.54, 1.807) is 26.4 Å². The van der Waals surface area contributed by atoms with Gasteiger partial charge in [-0.1, -0.05) is 17.7 Å². The molecule has 2 aromatic rings. The highest BCUT2D eigenvalue weighted by Gasteiger charge is 2.17. The number of carbonyl (C=O) groups excluding carboxylic acids is 2. The van der Waals surface area contributed by atoms with Crippen LogP contribution in [0.5, 0.6) is 11.5 Å². The lowest BCUT2D eigenvalue weighted by molar-refractivity contribution is -0.121. The number of ether oxygens (including phenoxy) is 2. The molecule has 144 valence electrons. The number of rotatable bonds is 8.